The van der Waals surface area contributed by atoms with Crippen LogP contribution in [0.1, 0.15) is 56.9 Å². The molecule has 0 saturated carbocycles. The van der Waals surface area contributed by atoms with Crippen LogP contribution in [0.25, 0.3) is 0 Å². The molecule has 0 amide bonds. The Morgan fingerprint density at radius 3 is 2.22 bits per heavy atom. The van der Waals surface area contributed by atoms with E-state index in [1.165, 1.54) is 22.3 Å². The van der Waals surface area contributed by atoms with Crippen molar-refractivity contribution in [2.45, 2.75) is 63.5 Å². The Hall–Kier alpha value is -3.08. The lowest BCUT2D eigenvalue weighted by molar-refractivity contribution is -0.0918. The van der Waals surface area contributed by atoms with Crippen LogP contribution in [0.4, 0.5) is 0 Å². The van der Waals surface area contributed by atoms with Crippen LogP contribution in [0.2, 0.25) is 6.82 Å². The Morgan fingerprint density at radius 2 is 1.49 bits per heavy atom. The highest BCUT2D eigenvalue weighted by molar-refractivity contribution is 6.66. The third-order valence-corrected chi connectivity index (χ3v) is 9.28. The molecule has 0 aromatic heterocycles. The molecule has 4 heteroatoms. The van der Waals surface area contributed by atoms with Crippen LogP contribution in [-0.2, 0) is 15.5 Å². The highest BCUT2D eigenvalue weighted by atomic mass is 16.5. The van der Waals surface area contributed by atoms with E-state index in [1.54, 1.807) is 13.8 Å². The Labute approximate surface area is 221 Å². The van der Waals surface area contributed by atoms with E-state index >= 15 is 0 Å². The topological polar surface area (TPSA) is 38.7 Å². The van der Waals surface area contributed by atoms with Crippen LogP contribution in [0, 0.1) is 5.92 Å². The van der Waals surface area contributed by atoms with E-state index in [-0.39, 0.29) is 18.2 Å². The average molecular weight is 490 g/mol. The van der Waals surface area contributed by atoms with Crippen molar-refractivity contribution in [3.8, 4) is 11.5 Å². The van der Waals surface area contributed by atoms with Crippen LogP contribution in [0.5, 0.6) is 11.5 Å². The van der Waals surface area contributed by atoms with E-state index in [1.807, 2.05) is 13.8 Å². The van der Waals surface area contributed by atoms with Gasteiger partial charge in [0, 0.05) is 22.5 Å². The largest absolute Gasteiger partial charge is 0.457 e. The molecule has 0 fully saturated rings. The van der Waals surface area contributed by atoms with Gasteiger partial charge in [0.25, 0.3) is 0 Å². The van der Waals surface area contributed by atoms with Gasteiger partial charge in [-0.15, -0.1) is 0 Å². The number of rotatable bonds is 4. The molecule has 3 atom stereocenters. The smallest absolute Gasteiger partial charge is 0.324 e. The summed E-state index contributed by atoms with van der Waals surface area (Å²) in [5, 5.41) is 10.7. The second kappa shape index (κ2) is 7.96. The molecular weight excluding hydrogens is 455 g/mol. The number of para-hydroxylation sites is 1. The maximum atomic E-state index is 10.7. The lowest BCUT2D eigenvalue weighted by Gasteiger charge is -2.45. The number of fused-ring (bicyclic) bond motifs is 9. The summed E-state index contributed by atoms with van der Waals surface area (Å²) in [6.45, 7) is 11.7. The van der Waals surface area contributed by atoms with Gasteiger partial charge in [-0.2, -0.15) is 0 Å². The van der Waals surface area contributed by atoms with Gasteiger partial charge in [-0.25, -0.2) is 0 Å². The van der Waals surface area contributed by atoms with Crippen molar-refractivity contribution in [1.29, 1.82) is 0 Å². The lowest BCUT2D eigenvalue weighted by atomic mass is 9.56. The summed E-state index contributed by atoms with van der Waals surface area (Å²) < 4.78 is 13.0. The third kappa shape index (κ3) is 3.28. The standard InChI is InChI=1S/C33H35BO3/c1-30(2,35)31(3,4)37-34(6)22-18-19-28-26(21-22)33(25-15-9-10-16-27(25)36-28)24-14-8-7-13-23(24)32(5)20-12-11-17-29(32)33/h7-21,29,35H,1-6H3. The van der Waals surface area contributed by atoms with Gasteiger partial charge in [0.15, 0.2) is 0 Å². The zero-order valence-corrected chi connectivity index (χ0v) is 22.6. The highest BCUT2D eigenvalue weighted by Crippen LogP contribution is 2.66. The first-order chi connectivity index (χ1) is 17.5. The quantitative estimate of drug-likeness (QED) is 0.423. The predicted molar refractivity (Wildman–Crippen MR) is 151 cm³/mol. The first-order valence-electron chi connectivity index (χ1n) is 13.3. The van der Waals surface area contributed by atoms with E-state index in [0.29, 0.717) is 0 Å². The summed E-state index contributed by atoms with van der Waals surface area (Å²) in [6.07, 6.45) is 9.13. The van der Waals surface area contributed by atoms with Gasteiger partial charge in [-0.1, -0.05) is 92.6 Å². The van der Waals surface area contributed by atoms with Crippen LogP contribution >= 0.6 is 0 Å². The van der Waals surface area contributed by atoms with Gasteiger partial charge in [0.05, 0.1) is 16.6 Å². The molecule has 0 radical (unpaired) electrons. The monoisotopic (exact) mass is 490 g/mol. The van der Waals surface area contributed by atoms with E-state index in [0.717, 1.165) is 17.0 Å². The average Bonchev–Trinajstić information content (AvgIpc) is 3.09. The molecule has 1 heterocycles. The van der Waals surface area contributed by atoms with Crippen LogP contribution in [0.15, 0.2) is 91.0 Å². The number of benzene rings is 3. The maximum absolute atomic E-state index is 10.7. The molecule has 0 saturated heterocycles. The lowest BCUT2D eigenvalue weighted by Crippen LogP contribution is -2.52. The number of allylic oxidation sites excluding steroid dienone is 4. The van der Waals surface area contributed by atoms with Crippen molar-refractivity contribution < 1.29 is 14.5 Å². The highest BCUT2D eigenvalue weighted by Gasteiger charge is 2.61. The fourth-order valence-corrected chi connectivity index (χ4v) is 6.67. The van der Waals surface area contributed by atoms with Crippen molar-refractivity contribution in [3.05, 3.63) is 113 Å². The Kier molecular flexibility index (Phi) is 5.22. The Balaban J connectivity index is 1.60. The normalized spacial score (nSPS) is 25.2. The maximum Gasteiger partial charge on any atom is 0.324 e. The summed E-state index contributed by atoms with van der Waals surface area (Å²) in [7, 11) is 0. The summed E-state index contributed by atoms with van der Waals surface area (Å²) in [6, 6.07) is 23.9. The molecule has 2 aliphatic carbocycles. The van der Waals surface area contributed by atoms with Crippen LogP contribution in [-0.4, -0.2) is 23.2 Å². The van der Waals surface area contributed by atoms with E-state index in [4.69, 9.17) is 9.39 Å². The summed E-state index contributed by atoms with van der Waals surface area (Å²) in [5.41, 5.74) is 3.88. The molecule has 1 N–H and O–H groups in total. The van der Waals surface area contributed by atoms with Gasteiger partial charge in [-0.3, -0.25) is 0 Å². The van der Waals surface area contributed by atoms with E-state index < -0.39 is 16.6 Å². The van der Waals surface area contributed by atoms with Gasteiger partial charge in [-0.05, 0) is 56.4 Å². The minimum Gasteiger partial charge on any atom is -0.457 e. The fourth-order valence-electron chi connectivity index (χ4n) is 6.67. The number of hydrogen-bond donors (Lipinski definition) is 1. The summed E-state index contributed by atoms with van der Waals surface area (Å²) in [5.74, 6) is 1.99. The number of ether oxygens (including phenoxy) is 1. The van der Waals surface area contributed by atoms with Gasteiger partial charge < -0.3 is 14.5 Å². The Morgan fingerprint density at radius 1 is 0.838 bits per heavy atom. The minimum absolute atomic E-state index is 0.145. The zero-order chi connectivity index (χ0) is 26.2. The van der Waals surface area contributed by atoms with Crippen molar-refractivity contribution in [1.82, 2.24) is 0 Å². The molecule has 6 rings (SSSR count). The summed E-state index contributed by atoms with van der Waals surface area (Å²) >= 11 is 0. The zero-order valence-electron chi connectivity index (χ0n) is 22.6. The van der Waals surface area contributed by atoms with Gasteiger partial charge >= 0.3 is 6.92 Å². The first-order valence-corrected chi connectivity index (χ1v) is 13.3. The molecule has 3 aromatic carbocycles. The minimum atomic E-state index is -0.982. The SMILES string of the molecule is CB(OC(C)(C)C(C)(C)O)c1ccc2c(c1)C1(c3ccccc3O2)c2ccccc2C2(C)C=CC=CC21. The first kappa shape index (κ1) is 24.3. The second-order valence-electron chi connectivity index (χ2n) is 12.0. The van der Waals surface area contributed by atoms with Crippen LogP contribution < -0.4 is 10.2 Å². The number of aliphatic hydroxyl groups is 1. The third-order valence-electron chi connectivity index (χ3n) is 9.28. The fraction of sp³-hybridized carbons (Fsp3) is 0.333. The number of hydrogen-bond acceptors (Lipinski definition) is 3. The van der Waals surface area contributed by atoms with Crippen molar-refractivity contribution >= 4 is 12.4 Å². The molecular formula is C33H35BO3. The molecule has 1 spiro atoms. The Bertz CT molecular complexity index is 1450. The van der Waals surface area contributed by atoms with Crippen molar-refractivity contribution in [3.63, 3.8) is 0 Å². The molecule has 0 bridgehead atoms. The molecule has 3 nitrogen and oxygen atoms in total. The van der Waals surface area contributed by atoms with Crippen molar-refractivity contribution in [2.24, 2.45) is 5.92 Å². The molecule has 37 heavy (non-hydrogen) atoms. The summed E-state index contributed by atoms with van der Waals surface area (Å²) in [4.78, 5) is 0. The predicted octanol–water partition coefficient (Wildman–Crippen LogP) is 6.53. The molecule has 3 aliphatic rings. The molecule has 3 aromatic rings. The van der Waals surface area contributed by atoms with E-state index in [2.05, 4.69) is 105 Å². The molecule has 1 aliphatic heterocycles. The molecule has 3 unspecified atom stereocenters. The van der Waals surface area contributed by atoms with Gasteiger partial charge in [0.1, 0.15) is 11.5 Å². The van der Waals surface area contributed by atoms with Crippen LogP contribution in [0.3, 0.4) is 0 Å². The second-order valence-corrected chi connectivity index (χ2v) is 12.0. The van der Waals surface area contributed by atoms with E-state index in [9.17, 15) is 5.11 Å². The van der Waals surface area contributed by atoms with Gasteiger partial charge in [0.2, 0.25) is 0 Å². The van der Waals surface area contributed by atoms with Crippen molar-refractivity contribution in [2.75, 3.05) is 0 Å². The molecule has 188 valence electrons.